The van der Waals surface area contributed by atoms with E-state index >= 15 is 0 Å². The molecule has 0 saturated carbocycles. The van der Waals surface area contributed by atoms with Crippen LogP contribution in [0.5, 0.6) is 0 Å². The fourth-order valence-electron chi connectivity index (χ4n) is 2.04. The van der Waals surface area contributed by atoms with Crippen LogP contribution in [0, 0.1) is 17.8 Å². The summed E-state index contributed by atoms with van der Waals surface area (Å²) in [6.07, 6.45) is 2.34. The van der Waals surface area contributed by atoms with E-state index in [-0.39, 0.29) is 11.8 Å². The van der Waals surface area contributed by atoms with Crippen LogP contribution in [0.4, 0.5) is 0 Å². The van der Waals surface area contributed by atoms with E-state index in [2.05, 4.69) is 17.2 Å². The molecule has 0 aromatic rings. The Hall–Kier alpha value is -1.10. The van der Waals surface area contributed by atoms with Crippen molar-refractivity contribution < 1.29 is 17.9 Å². The van der Waals surface area contributed by atoms with Crippen LogP contribution in [0.15, 0.2) is 0 Å². The minimum atomic E-state index is -3.14. The first kappa shape index (κ1) is 17.0. The van der Waals surface area contributed by atoms with Crippen molar-refractivity contribution in [3.8, 4) is 11.8 Å². The van der Waals surface area contributed by atoms with Crippen LogP contribution in [-0.4, -0.2) is 57.7 Å². The molecular formula is C13H22N2O4S. The summed E-state index contributed by atoms with van der Waals surface area (Å²) < 4.78 is 29.3. The van der Waals surface area contributed by atoms with Gasteiger partial charge in [-0.15, -0.1) is 5.92 Å². The van der Waals surface area contributed by atoms with Gasteiger partial charge in [-0.2, -0.15) is 0 Å². The predicted octanol–water partition coefficient (Wildman–Crippen LogP) is -0.186. The molecule has 1 amide bonds. The smallest absolute Gasteiger partial charge is 0.223 e. The summed E-state index contributed by atoms with van der Waals surface area (Å²) in [7, 11) is -3.14. The summed E-state index contributed by atoms with van der Waals surface area (Å²) in [6.45, 7) is 3.84. The molecule has 1 N–H and O–H groups in total. The number of amides is 1. The number of piperidine rings is 1. The molecule has 1 fully saturated rings. The Labute approximate surface area is 120 Å². The highest BCUT2D eigenvalue weighted by atomic mass is 32.2. The highest BCUT2D eigenvalue weighted by Gasteiger charge is 2.28. The first-order valence-corrected chi connectivity index (χ1v) is 8.50. The lowest BCUT2D eigenvalue weighted by molar-refractivity contribution is -0.126. The average Bonchev–Trinajstić information content (AvgIpc) is 2.41. The standard InChI is InChI=1S/C13H22N2O4S/c1-3-4-10-19-11-7-14-13(16)12-5-8-15(9-6-12)20(2,17)18/h12H,5-11H2,1-2H3,(H,14,16). The Balaban J connectivity index is 2.20. The molecule has 20 heavy (non-hydrogen) atoms. The van der Waals surface area contributed by atoms with Gasteiger partial charge in [0.05, 0.1) is 12.9 Å². The molecule has 0 radical (unpaired) electrons. The zero-order valence-electron chi connectivity index (χ0n) is 12.0. The van der Waals surface area contributed by atoms with E-state index in [1.54, 1.807) is 6.92 Å². The summed E-state index contributed by atoms with van der Waals surface area (Å²) in [4.78, 5) is 11.9. The highest BCUT2D eigenvalue weighted by Crippen LogP contribution is 2.18. The number of ether oxygens (including phenoxy) is 1. The van der Waals surface area contributed by atoms with Gasteiger partial charge in [-0.05, 0) is 19.8 Å². The van der Waals surface area contributed by atoms with Crippen LogP contribution in [0.2, 0.25) is 0 Å². The van der Waals surface area contributed by atoms with Crippen LogP contribution < -0.4 is 5.32 Å². The van der Waals surface area contributed by atoms with Crippen molar-refractivity contribution in [1.82, 2.24) is 9.62 Å². The summed E-state index contributed by atoms with van der Waals surface area (Å²) in [6, 6.07) is 0. The van der Waals surface area contributed by atoms with E-state index in [9.17, 15) is 13.2 Å². The summed E-state index contributed by atoms with van der Waals surface area (Å²) in [5.41, 5.74) is 0. The van der Waals surface area contributed by atoms with Crippen molar-refractivity contribution in [2.24, 2.45) is 5.92 Å². The first-order chi connectivity index (χ1) is 9.45. The number of hydrogen-bond donors (Lipinski definition) is 1. The van der Waals surface area contributed by atoms with Crippen LogP contribution >= 0.6 is 0 Å². The lowest BCUT2D eigenvalue weighted by Crippen LogP contribution is -2.43. The monoisotopic (exact) mass is 302 g/mol. The van der Waals surface area contributed by atoms with Crippen molar-refractivity contribution >= 4 is 15.9 Å². The van der Waals surface area contributed by atoms with Gasteiger partial charge in [-0.1, -0.05) is 5.92 Å². The number of nitrogens with zero attached hydrogens (tertiary/aromatic N) is 1. The molecule has 0 aromatic heterocycles. The first-order valence-electron chi connectivity index (χ1n) is 6.65. The number of nitrogens with one attached hydrogen (secondary N) is 1. The SMILES string of the molecule is CC#CCOCCNC(=O)C1CCN(S(C)(=O)=O)CC1. The van der Waals surface area contributed by atoms with Crippen molar-refractivity contribution in [2.75, 3.05) is 39.1 Å². The molecule has 1 aliphatic rings. The van der Waals surface area contributed by atoms with Gasteiger partial charge in [0.15, 0.2) is 0 Å². The molecule has 0 spiro atoms. The van der Waals surface area contributed by atoms with Crippen molar-refractivity contribution in [2.45, 2.75) is 19.8 Å². The van der Waals surface area contributed by atoms with E-state index in [0.29, 0.717) is 45.7 Å². The molecule has 7 heteroatoms. The lowest BCUT2D eigenvalue weighted by Gasteiger charge is -2.29. The molecule has 6 nitrogen and oxygen atoms in total. The Kier molecular flexibility index (Phi) is 6.99. The molecule has 1 aliphatic heterocycles. The number of sulfonamides is 1. The molecule has 1 rings (SSSR count). The highest BCUT2D eigenvalue weighted by molar-refractivity contribution is 7.88. The molecular weight excluding hydrogens is 280 g/mol. The Morgan fingerprint density at radius 1 is 1.40 bits per heavy atom. The van der Waals surface area contributed by atoms with Gasteiger partial charge in [0.1, 0.15) is 6.61 Å². The van der Waals surface area contributed by atoms with Crippen molar-refractivity contribution in [3.63, 3.8) is 0 Å². The second-order valence-electron chi connectivity index (χ2n) is 4.71. The maximum atomic E-state index is 11.9. The quantitative estimate of drug-likeness (QED) is 0.545. The predicted molar refractivity (Wildman–Crippen MR) is 76.4 cm³/mol. The van der Waals surface area contributed by atoms with Crippen LogP contribution in [0.1, 0.15) is 19.8 Å². The molecule has 1 saturated heterocycles. The second kappa shape index (κ2) is 8.25. The van der Waals surface area contributed by atoms with E-state index < -0.39 is 10.0 Å². The van der Waals surface area contributed by atoms with E-state index in [1.165, 1.54) is 10.6 Å². The van der Waals surface area contributed by atoms with E-state index in [1.807, 2.05) is 0 Å². The Morgan fingerprint density at radius 3 is 2.60 bits per heavy atom. The van der Waals surface area contributed by atoms with Crippen molar-refractivity contribution in [1.29, 1.82) is 0 Å². The minimum Gasteiger partial charge on any atom is -0.367 e. The third-order valence-electron chi connectivity index (χ3n) is 3.19. The Bertz CT molecular complexity index is 470. The van der Waals surface area contributed by atoms with Gasteiger partial charge in [0, 0.05) is 25.6 Å². The van der Waals surface area contributed by atoms with Gasteiger partial charge < -0.3 is 10.1 Å². The van der Waals surface area contributed by atoms with Crippen LogP contribution in [0.3, 0.4) is 0 Å². The second-order valence-corrected chi connectivity index (χ2v) is 6.69. The zero-order chi connectivity index (χ0) is 15.0. The number of carbonyl (C=O) groups is 1. The van der Waals surface area contributed by atoms with E-state index in [0.717, 1.165) is 0 Å². The fourth-order valence-corrected chi connectivity index (χ4v) is 2.91. The zero-order valence-corrected chi connectivity index (χ0v) is 12.8. The van der Waals surface area contributed by atoms with Gasteiger partial charge in [0.2, 0.25) is 15.9 Å². The molecule has 1 heterocycles. The molecule has 0 atom stereocenters. The molecule has 0 unspecified atom stereocenters. The molecule has 0 aliphatic carbocycles. The molecule has 0 bridgehead atoms. The summed E-state index contributed by atoms with van der Waals surface area (Å²) in [5, 5.41) is 2.80. The topological polar surface area (TPSA) is 75.7 Å². The number of hydrogen-bond acceptors (Lipinski definition) is 4. The average molecular weight is 302 g/mol. The molecule has 0 aromatic carbocycles. The van der Waals surface area contributed by atoms with Crippen LogP contribution in [-0.2, 0) is 19.6 Å². The summed E-state index contributed by atoms with van der Waals surface area (Å²) >= 11 is 0. The maximum absolute atomic E-state index is 11.9. The van der Waals surface area contributed by atoms with Gasteiger partial charge >= 0.3 is 0 Å². The normalized spacial score (nSPS) is 17.3. The minimum absolute atomic E-state index is 0.0247. The lowest BCUT2D eigenvalue weighted by atomic mass is 9.97. The Morgan fingerprint density at radius 2 is 2.05 bits per heavy atom. The number of rotatable bonds is 6. The largest absolute Gasteiger partial charge is 0.367 e. The third kappa shape index (κ3) is 5.90. The summed E-state index contributed by atoms with van der Waals surface area (Å²) in [5.74, 6) is 5.36. The van der Waals surface area contributed by atoms with Crippen LogP contribution in [0.25, 0.3) is 0 Å². The number of carbonyl (C=O) groups excluding carboxylic acids is 1. The van der Waals surface area contributed by atoms with Gasteiger partial charge in [-0.3, -0.25) is 4.79 Å². The molecule has 114 valence electrons. The maximum Gasteiger partial charge on any atom is 0.223 e. The van der Waals surface area contributed by atoms with E-state index in [4.69, 9.17) is 4.74 Å². The fraction of sp³-hybridized carbons (Fsp3) is 0.769. The van der Waals surface area contributed by atoms with Crippen molar-refractivity contribution in [3.05, 3.63) is 0 Å². The van der Waals surface area contributed by atoms with Gasteiger partial charge in [-0.25, -0.2) is 12.7 Å². The third-order valence-corrected chi connectivity index (χ3v) is 4.49. The van der Waals surface area contributed by atoms with Gasteiger partial charge in [0.25, 0.3) is 0 Å².